The third-order valence-corrected chi connectivity index (χ3v) is 19.0. The van der Waals surface area contributed by atoms with Crippen LogP contribution in [0.3, 0.4) is 0 Å². The molecule has 0 saturated heterocycles. The van der Waals surface area contributed by atoms with E-state index in [0.717, 1.165) is 11.1 Å². The van der Waals surface area contributed by atoms with Crippen LogP contribution in [-0.2, 0) is 122 Å². The Morgan fingerprint density at radius 2 is 0.738 bits per heavy atom. The summed E-state index contributed by atoms with van der Waals surface area (Å²) in [5, 5.41) is 19.7. The number of ether oxygens (including phenoxy) is 8. The van der Waals surface area contributed by atoms with E-state index >= 15 is 0 Å². The molecule has 29 nitrogen and oxygen atoms in total. The fourth-order valence-corrected chi connectivity index (χ4v) is 12.9. The maximum absolute atomic E-state index is 14.9. The SMILES string of the molecule is COCCOCCCC(=O)[C@@H](CCC(=O)OCc1ccccc1)NC(=O)[C@H](CCC(=O)OCc1ccccc1)CC(=O)[C@@H](CC(C)C)NC(=O)[C@@H](CC(C)C)NC(=O)[C@@H](CC(C)C)NC(=O)[C@@H](CC(C)C)NC(=O)[C@@H](CC(C)C)NC(=O)[C@H](CC(=O)OC(C)(C)C)CC(=O)[C@H](Cc1ccc(OCc2ccccc2)cc1)NC(C)=O.COCCOCCN. The van der Waals surface area contributed by atoms with Crippen LogP contribution in [0.25, 0.3) is 0 Å². The van der Waals surface area contributed by atoms with Gasteiger partial charge in [-0.1, -0.05) is 172 Å². The number of hydrogen-bond acceptors (Lipinski definition) is 22. The van der Waals surface area contributed by atoms with Gasteiger partial charge in [-0.15, -0.1) is 0 Å². The number of hydrogen-bond donors (Lipinski definition) is 8. The van der Waals surface area contributed by atoms with Crippen molar-refractivity contribution >= 4 is 76.6 Å². The van der Waals surface area contributed by atoms with Crippen molar-refractivity contribution in [2.45, 2.75) is 261 Å². The fourth-order valence-electron chi connectivity index (χ4n) is 12.9. The number of carbonyl (C=O) groups is 13. The predicted molar refractivity (Wildman–Crippen MR) is 464 cm³/mol. The Morgan fingerprint density at radius 3 is 1.16 bits per heavy atom. The molecule has 7 amide bonds. The van der Waals surface area contributed by atoms with E-state index in [-0.39, 0.29) is 126 Å². The number of benzene rings is 4. The van der Waals surface area contributed by atoms with E-state index in [4.69, 9.17) is 43.6 Å². The van der Waals surface area contributed by atoms with E-state index in [0.29, 0.717) is 63.1 Å². The minimum absolute atomic E-state index is 0.0196. The minimum atomic E-state index is -1.40. The number of carbonyl (C=O) groups excluding carboxylic acids is 13. The molecule has 29 heteroatoms. The quantitative estimate of drug-likeness (QED) is 0.0116. The zero-order chi connectivity index (χ0) is 90.7. The van der Waals surface area contributed by atoms with E-state index in [9.17, 15) is 62.3 Å². The molecule has 0 aliphatic heterocycles. The van der Waals surface area contributed by atoms with Crippen LogP contribution in [-0.4, -0.2) is 185 Å². The molecule has 9 N–H and O–H groups in total. The van der Waals surface area contributed by atoms with E-state index < -0.39 is 156 Å². The first-order chi connectivity index (χ1) is 57.9. The van der Waals surface area contributed by atoms with Crippen LogP contribution in [0.1, 0.15) is 209 Å². The number of rotatable bonds is 59. The normalized spacial score (nSPS) is 13.6. The van der Waals surface area contributed by atoms with E-state index in [1.807, 2.05) is 112 Å². The van der Waals surface area contributed by atoms with Gasteiger partial charge in [0.1, 0.15) is 55.3 Å². The molecular weight excluding hydrogens is 1570 g/mol. The summed E-state index contributed by atoms with van der Waals surface area (Å²) in [6.07, 6.45) is -2.03. The third-order valence-electron chi connectivity index (χ3n) is 19.0. The fraction of sp³-hybridized carbons (Fsp3) is 0.602. The van der Waals surface area contributed by atoms with Gasteiger partial charge in [0.25, 0.3) is 0 Å². The Balaban J connectivity index is 0.00000455. The van der Waals surface area contributed by atoms with Crippen molar-refractivity contribution in [2.75, 3.05) is 60.4 Å². The molecule has 0 unspecified atom stereocenters. The molecule has 0 heterocycles. The van der Waals surface area contributed by atoms with Crippen molar-refractivity contribution in [2.24, 2.45) is 47.2 Å². The number of nitrogens with two attached hydrogens (primary N) is 1. The smallest absolute Gasteiger partial charge is 0.307 e. The predicted octanol–water partition coefficient (Wildman–Crippen LogP) is 10.0. The average Bonchev–Trinajstić information content (AvgIpc) is 0.851. The number of methoxy groups -OCH3 is 2. The van der Waals surface area contributed by atoms with Crippen molar-refractivity contribution in [1.82, 2.24) is 37.2 Å². The van der Waals surface area contributed by atoms with Gasteiger partial charge in [-0.2, -0.15) is 0 Å². The lowest BCUT2D eigenvalue weighted by Crippen LogP contribution is -2.59. The van der Waals surface area contributed by atoms with Gasteiger partial charge in [-0.3, -0.25) is 62.3 Å². The summed E-state index contributed by atoms with van der Waals surface area (Å²) in [6, 6.07) is 25.8. The van der Waals surface area contributed by atoms with Crippen molar-refractivity contribution < 1.29 is 100 Å². The summed E-state index contributed by atoms with van der Waals surface area (Å²) in [4.78, 5) is 185. The molecule has 122 heavy (non-hydrogen) atoms. The number of esters is 3. The van der Waals surface area contributed by atoms with Crippen molar-refractivity contribution in [3.63, 3.8) is 0 Å². The standard InChI is InChI=1S/C88H127N7O19.C5H13NO2/c1-56(2)44-70(77(98)50-66(35-39-79(100)112-54-64-28-21-17-22-29-64)82(103)90-69(76(97)32-25-41-110-43-42-109-15)38-40-80(101)113-55-65-30-23-18-24-31-65)91-84(105)73(46-58(5)6)93-86(107)75(48-60(9)10)95-87(108)74(47-59(7)8)94-85(106)72(45-57(3)4)92-83(104)67(52-81(102)114-88(12,13)14)51-78(99)71(89-61(11)96)49-62-33-36-68(37-34-62)111-53-63-26-19-16-20-27-63;1-7-4-5-8-3-2-6/h16-24,26-31,33-34,36-37,56-60,66-67,69-75H,25,32,35,38-55H2,1-15H3,(H,89,96)(H,90,103)(H,91,105)(H,92,104)(H,93,107)(H,94,106)(H,95,108);2-6H2,1H3/t66-,67+,69-,70-,71+,72-,73-,74-,75-;/m1./s1. The van der Waals surface area contributed by atoms with E-state index in [2.05, 4.69) is 37.2 Å². The first-order valence-electron chi connectivity index (χ1n) is 42.8. The molecule has 0 radical (unpaired) electrons. The van der Waals surface area contributed by atoms with Gasteiger partial charge in [-0.25, -0.2) is 0 Å². The van der Waals surface area contributed by atoms with Gasteiger partial charge in [-0.05, 0) is 143 Å². The molecule has 4 aromatic carbocycles. The molecule has 0 aliphatic carbocycles. The lowest BCUT2D eigenvalue weighted by Gasteiger charge is -2.30. The molecule has 0 saturated carbocycles. The largest absolute Gasteiger partial charge is 0.489 e. The number of amides is 7. The second kappa shape index (κ2) is 59.1. The van der Waals surface area contributed by atoms with Crippen molar-refractivity contribution in [1.29, 1.82) is 0 Å². The maximum atomic E-state index is 14.9. The Hall–Kier alpha value is -9.81. The Morgan fingerprint density at radius 1 is 0.361 bits per heavy atom. The molecule has 0 spiro atoms. The molecule has 4 aromatic rings. The lowest BCUT2D eigenvalue weighted by atomic mass is 9.89. The summed E-state index contributed by atoms with van der Waals surface area (Å²) in [6.45, 7) is 28.1. The molecule has 0 fully saturated rings. The topological polar surface area (TPSA) is 406 Å². The number of Topliss-reactive ketones (excluding diaryl/α,β-unsaturated/α-hetero) is 3. The van der Waals surface area contributed by atoms with Gasteiger partial charge >= 0.3 is 17.9 Å². The minimum Gasteiger partial charge on any atom is -0.489 e. The summed E-state index contributed by atoms with van der Waals surface area (Å²) in [5.41, 5.74) is 7.26. The highest BCUT2D eigenvalue weighted by Gasteiger charge is 2.38. The molecule has 678 valence electrons. The summed E-state index contributed by atoms with van der Waals surface area (Å²) in [5.74, 6) is -12.0. The molecule has 4 rings (SSSR count). The van der Waals surface area contributed by atoms with Crippen LogP contribution in [0.2, 0.25) is 0 Å². The molecular formula is C93H140N8O21. The zero-order valence-corrected chi connectivity index (χ0v) is 74.9. The number of ketones is 3. The second-order valence-electron chi connectivity index (χ2n) is 33.9. The second-order valence-corrected chi connectivity index (χ2v) is 33.9. The Kier molecular flexibility index (Phi) is 51.5. The Labute approximate surface area is 722 Å². The summed E-state index contributed by atoms with van der Waals surface area (Å²) >= 11 is 0. The number of nitrogens with one attached hydrogen (secondary N) is 7. The summed E-state index contributed by atoms with van der Waals surface area (Å²) < 4.78 is 43.0. The monoisotopic (exact) mass is 1710 g/mol. The van der Waals surface area contributed by atoms with E-state index in [1.54, 1.807) is 101 Å². The van der Waals surface area contributed by atoms with Crippen LogP contribution in [0.15, 0.2) is 115 Å². The third kappa shape index (κ3) is 47.0. The van der Waals surface area contributed by atoms with Crippen LogP contribution >= 0.6 is 0 Å². The van der Waals surface area contributed by atoms with Crippen molar-refractivity contribution in [3.05, 3.63) is 138 Å². The highest BCUT2D eigenvalue weighted by atomic mass is 16.6. The van der Waals surface area contributed by atoms with Crippen LogP contribution in [0.4, 0.5) is 0 Å². The van der Waals surface area contributed by atoms with Gasteiger partial charge in [0.2, 0.25) is 41.4 Å². The summed E-state index contributed by atoms with van der Waals surface area (Å²) in [7, 11) is 3.18. The molecule has 0 aromatic heterocycles. The first kappa shape index (κ1) is 106. The van der Waals surface area contributed by atoms with Gasteiger partial charge < -0.3 is 80.8 Å². The highest BCUT2D eigenvalue weighted by molar-refractivity contribution is 5.99. The Bertz CT molecular complexity index is 3790. The van der Waals surface area contributed by atoms with Crippen LogP contribution in [0, 0.1) is 41.4 Å². The van der Waals surface area contributed by atoms with Gasteiger partial charge in [0.05, 0.1) is 63.5 Å². The van der Waals surface area contributed by atoms with Crippen molar-refractivity contribution in [3.8, 4) is 5.75 Å². The van der Waals surface area contributed by atoms with Crippen LogP contribution < -0.4 is 47.7 Å². The van der Waals surface area contributed by atoms with Crippen LogP contribution in [0.5, 0.6) is 5.75 Å². The van der Waals surface area contributed by atoms with Gasteiger partial charge in [0.15, 0.2) is 17.3 Å². The van der Waals surface area contributed by atoms with E-state index in [1.165, 1.54) is 14.0 Å². The first-order valence-corrected chi connectivity index (χ1v) is 42.8. The van der Waals surface area contributed by atoms with Gasteiger partial charge in [0, 0.05) is 72.3 Å². The lowest BCUT2D eigenvalue weighted by molar-refractivity contribution is -0.157. The molecule has 0 aliphatic rings. The maximum Gasteiger partial charge on any atom is 0.307 e. The average molecular weight is 1710 g/mol. The highest BCUT2D eigenvalue weighted by Crippen LogP contribution is 2.24. The zero-order valence-electron chi connectivity index (χ0n) is 74.9. The molecule has 9 atom stereocenters. The molecule has 0 bridgehead atoms.